The lowest BCUT2D eigenvalue weighted by Crippen LogP contribution is -2.37. The minimum absolute atomic E-state index is 0.152. The van der Waals surface area contributed by atoms with E-state index >= 15 is 0 Å². The molecule has 1 heterocycles. The van der Waals surface area contributed by atoms with E-state index in [0.717, 1.165) is 54.0 Å². The summed E-state index contributed by atoms with van der Waals surface area (Å²) in [6.07, 6.45) is 16.7. The number of aromatic hydroxyl groups is 1. The number of phenols is 1. The second kappa shape index (κ2) is 11.1. The van der Waals surface area contributed by atoms with Crippen LogP contribution in [0.25, 0.3) is 0 Å². The molecule has 0 radical (unpaired) electrons. The molecule has 1 aliphatic rings. The fourth-order valence-corrected chi connectivity index (χ4v) is 4.38. The zero-order valence-electron chi connectivity index (χ0n) is 21.2. The molecule has 1 aromatic rings. The highest BCUT2D eigenvalue weighted by Gasteiger charge is 2.33. The van der Waals surface area contributed by atoms with Crippen LogP contribution in [-0.4, -0.2) is 10.7 Å². The number of fused-ring (bicyclic) bond motifs is 1. The molecular formula is C29H44O2. The van der Waals surface area contributed by atoms with Gasteiger partial charge in [-0.05, 0) is 103 Å². The second-order valence-corrected chi connectivity index (χ2v) is 10.2. The van der Waals surface area contributed by atoms with E-state index in [9.17, 15) is 5.11 Å². The third-order valence-electron chi connectivity index (χ3n) is 6.82. The summed E-state index contributed by atoms with van der Waals surface area (Å²) in [6, 6.07) is 0. The molecular weight excluding hydrogens is 380 g/mol. The molecule has 0 bridgehead atoms. The van der Waals surface area contributed by atoms with Gasteiger partial charge in [-0.25, -0.2) is 0 Å². The normalized spacial score (nSPS) is 19.8. The Balaban J connectivity index is 1.92. The predicted molar refractivity (Wildman–Crippen MR) is 134 cm³/mol. The van der Waals surface area contributed by atoms with Crippen molar-refractivity contribution < 1.29 is 9.84 Å². The van der Waals surface area contributed by atoms with E-state index in [1.807, 2.05) is 13.8 Å². The quantitative estimate of drug-likeness (QED) is 0.403. The summed E-state index contributed by atoms with van der Waals surface area (Å²) in [6.45, 7) is 17.3. The first-order valence-electron chi connectivity index (χ1n) is 12.0. The minimum atomic E-state index is -0.152. The van der Waals surface area contributed by atoms with Gasteiger partial charge in [-0.3, -0.25) is 0 Å². The minimum Gasteiger partial charge on any atom is -0.507 e. The van der Waals surface area contributed by atoms with Gasteiger partial charge in [0.2, 0.25) is 0 Å². The first-order valence-corrected chi connectivity index (χ1v) is 12.0. The standard InChI is InChI=1S/C29H44O2/c1-20(2)12-9-13-21(3)14-10-15-22(4)16-11-18-29(8)19-17-26-25(7)27(30)23(5)24(6)28(26)31-29/h10,14-16,20,30H,9,11-13,17-19H2,1-8H3. The van der Waals surface area contributed by atoms with Gasteiger partial charge in [-0.15, -0.1) is 0 Å². The summed E-state index contributed by atoms with van der Waals surface area (Å²) in [4.78, 5) is 0. The van der Waals surface area contributed by atoms with Crippen LogP contribution in [0.2, 0.25) is 0 Å². The van der Waals surface area contributed by atoms with Crippen LogP contribution in [0, 0.1) is 26.7 Å². The predicted octanol–water partition coefficient (Wildman–Crippen LogP) is 8.46. The number of phenolic OH excluding ortho intramolecular Hbond substituents is 1. The van der Waals surface area contributed by atoms with Crippen LogP contribution >= 0.6 is 0 Å². The van der Waals surface area contributed by atoms with Crippen molar-refractivity contribution in [2.75, 3.05) is 0 Å². The Morgan fingerprint density at radius 2 is 1.84 bits per heavy atom. The lowest BCUT2D eigenvalue weighted by molar-refractivity contribution is 0.0558. The highest BCUT2D eigenvalue weighted by Crippen LogP contribution is 2.44. The van der Waals surface area contributed by atoms with Crippen LogP contribution < -0.4 is 4.74 Å². The molecule has 2 rings (SSSR count). The third kappa shape index (κ3) is 7.02. The molecule has 172 valence electrons. The highest BCUT2D eigenvalue weighted by molar-refractivity contribution is 5.58. The summed E-state index contributed by atoms with van der Waals surface area (Å²) in [5, 5.41) is 10.4. The Hall–Kier alpha value is -1.96. The average Bonchev–Trinajstić information content (AvgIpc) is 2.70. The van der Waals surface area contributed by atoms with Gasteiger partial charge in [0.1, 0.15) is 17.1 Å². The molecule has 0 amide bonds. The Labute approximate surface area is 191 Å². The van der Waals surface area contributed by atoms with E-state index in [4.69, 9.17) is 4.74 Å². The van der Waals surface area contributed by atoms with E-state index in [1.165, 1.54) is 36.0 Å². The van der Waals surface area contributed by atoms with Crippen molar-refractivity contribution in [3.05, 3.63) is 57.7 Å². The summed E-state index contributed by atoms with van der Waals surface area (Å²) in [5.41, 5.74) is 6.79. The number of benzene rings is 1. The number of ether oxygens (including phenoxy) is 1. The number of rotatable bonds is 9. The molecule has 1 N–H and O–H groups in total. The maximum atomic E-state index is 10.4. The molecule has 1 aromatic carbocycles. The monoisotopic (exact) mass is 424 g/mol. The van der Waals surface area contributed by atoms with Crippen molar-refractivity contribution in [1.29, 1.82) is 0 Å². The fraction of sp³-hybridized carbons (Fsp3) is 0.586. The maximum absolute atomic E-state index is 10.4. The first kappa shape index (κ1) is 25.3. The van der Waals surface area contributed by atoms with Crippen LogP contribution in [0.1, 0.15) is 95.4 Å². The van der Waals surface area contributed by atoms with Crippen molar-refractivity contribution >= 4 is 0 Å². The van der Waals surface area contributed by atoms with Crippen LogP contribution in [0.3, 0.4) is 0 Å². The van der Waals surface area contributed by atoms with Gasteiger partial charge >= 0.3 is 0 Å². The van der Waals surface area contributed by atoms with E-state index < -0.39 is 0 Å². The smallest absolute Gasteiger partial charge is 0.127 e. The Bertz CT molecular complexity index is 854. The molecule has 0 saturated carbocycles. The maximum Gasteiger partial charge on any atom is 0.127 e. The van der Waals surface area contributed by atoms with Crippen LogP contribution in [0.15, 0.2) is 35.5 Å². The molecule has 0 aliphatic carbocycles. The molecule has 31 heavy (non-hydrogen) atoms. The van der Waals surface area contributed by atoms with Crippen molar-refractivity contribution in [2.45, 2.75) is 106 Å². The number of hydrogen-bond acceptors (Lipinski definition) is 2. The van der Waals surface area contributed by atoms with Gasteiger partial charge < -0.3 is 9.84 Å². The topological polar surface area (TPSA) is 29.5 Å². The number of allylic oxidation sites excluding steroid dienone is 6. The van der Waals surface area contributed by atoms with Gasteiger partial charge in [-0.2, -0.15) is 0 Å². The summed E-state index contributed by atoms with van der Waals surface area (Å²) in [7, 11) is 0. The molecule has 0 fully saturated rings. The van der Waals surface area contributed by atoms with Crippen LogP contribution in [0.4, 0.5) is 0 Å². The van der Waals surface area contributed by atoms with Gasteiger partial charge in [0.05, 0.1) is 0 Å². The number of hydrogen-bond donors (Lipinski definition) is 1. The van der Waals surface area contributed by atoms with Gasteiger partial charge in [0.25, 0.3) is 0 Å². The van der Waals surface area contributed by atoms with Gasteiger partial charge in [-0.1, -0.05) is 55.7 Å². The van der Waals surface area contributed by atoms with Crippen molar-refractivity contribution in [2.24, 2.45) is 5.92 Å². The Kier molecular flexibility index (Phi) is 9.03. The van der Waals surface area contributed by atoms with Crippen LogP contribution in [0.5, 0.6) is 11.5 Å². The van der Waals surface area contributed by atoms with E-state index in [-0.39, 0.29) is 5.60 Å². The zero-order chi connectivity index (χ0) is 23.2. The molecule has 1 unspecified atom stereocenters. The molecule has 0 saturated heterocycles. The lowest BCUT2D eigenvalue weighted by atomic mass is 9.85. The summed E-state index contributed by atoms with van der Waals surface area (Å²) in [5.74, 6) is 2.22. The van der Waals surface area contributed by atoms with E-state index in [0.29, 0.717) is 5.75 Å². The molecule has 2 nitrogen and oxygen atoms in total. The van der Waals surface area contributed by atoms with Crippen LogP contribution in [-0.2, 0) is 6.42 Å². The second-order valence-electron chi connectivity index (χ2n) is 10.2. The van der Waals surface area contributed by atoms with Gasteiger partial charge in [0.15, 0.2) is 0 Å². The average molecular weight is 425 g/mol. The largest absolute Gasteiger partial charge is 0.507 e. The fourth-order valence-electron chi connectivity index (χ4n) is 4.38. The zero-order valence-corrected chi connectivity index (χ0v) is 21.2. The summed E-state index contributed by atoms with van der Waals surface area (Å²) >= 11 is 0. The summed E-state index contributed by atoms with van der Waals surface area (Å²) < 4.78 is 6.55. The Morgan fingerprint density at radius 3 is 2.52 bits per heavy atom. The molecule has 2 heteroatoms. The first-order chi connectivity index (χ1) is 14.5. The third-order valence-corrected chi connectivity index (χ3v) is 6.82. The highest BCUT2D eigenvalue weighted by atomic mass is 16.5. The molecule has 1 aliphatic heterocycles. The van der Waals surface area contributed by atoms with Crippen molar-refractivity contribution in [1.82, 2.24) is 0 Å². The van der Waals surface area contributed by atoms with Crippen molar-refractivity contribution in [3.8, 4) is 11.5 Å². The van der Waals surface area contributed by atoms with E-state index in [2.05, 4.69) is 65.8 Å². The Morgan fingerprint density at radius 1 is 1.13 bits per heavy atom. The van der Waals surface area contributed by atoms with Crippen molar-refractivity contribution in [3.63, 3.8) is 0 Å². The molecule has 0 aromatic heterocycles. The lowest BCUT2D eigenvalue weighted by Gasteiger charge is -2.38. The van der Waals surface area contributed by atoms with Gasteiger partial charge in [0, 0.05) is 5.56 Å². The molecule has 1 atom stereocenters. The molecule has 0 spiro atoms. The van der Waals surface area contributed by atoms with E-state index in [1.54, 1.807) is 0 Å². The SMILES string of the molecule is CC(C=CC=C(C)CCCC(C)C)=CCCC1(C)CCc2c(C)c(O)c(C)c(C)c2O1.